The number of nitrogens with zero attached hydrogens (tertiary/aromatic N) is 1. The third-order valence-corrected chi connectivity index (χ3v) is 2.14. The second-order valence-corrected chi connectivity index (χ2v) is 3.30. The van der Waals surface area contributed by atoms with Gasteiger partial charge in [-0.1, -0.05) is 16.8 Å². The zero-order valence-corrected chi connectivity index (χ0v) is 7.64. The van der Waals surface area contributed by atoms with Gasteiger partial charge in [0.15, 0.2) is 5.58 Å². The van der Waals surface area contributed by atoms with E-state index in [9.17, 15) is 0 Å². The Labute approximate surface area is 75.1 Å². The number of fused-ring (bicyclic) bond motifs is 1. The maximum absolute atomic E-state index is 6.01. The number of aromatic nitrogens is 1. The first-order valence-corrected chi connectivity index (χ1v) is 4.08. The topological polar surface area (TPSA) is 26.0 Å². The van der Waals surface area contributed by atoms with Crippen LogP contribution >= 0.6 is 11.6 Å². The molecule has 2 rings (SSSR count). The first-order valence-electron chi connectivity index (χ1n) is 3.70. The van der Waals surface area contributed by atoms with Gasteiger partial charge in [0.05, 0.1) is 16.1 Å². The van der Waals surface area contributed by atoms with Gasteiger partial charge in [-0.3, -0.25) is 0 Å². The Hall–Kier alpha value is -1.02. The van der Waals surface area contributed by atoms with Crippen molar-refractivity contribution < 1.29 is 4.52 Å². The predicted octanol–water partition coefficient (Wildman–Crippen LogP) is 3.10. The van der Waals surface area contributed by atoms with Crippen LogP contribution in [0.1, 0.15) is 11.3 Å². The van der Waals surface area contributed by atoms with Crippen LogP contribution < -0.4 is 0 Å². The van der Waals surface area contributed by atoms with Crippen molar-refractivity contribution >= 4 is 22.6 Å². The van der Waals surface area contributed by atoms with Gasteiger partial charge in [-0.05, 0) is 31.5 Å². The zero-order chi connectivity index (χ0) is 8.72. The SMILES string of the molecule is Cc1cc(Cl)c2c(C)noc2c1. The van der Waals surface area contributed by atoms with E-state index in [2.05, 4.69) is 5.16 Å². The molecular weight excluding hydrogens is 174 g/mol. The summed E-state index contributed by atoms with van der Waals surface area (Å²) in [6, 6.07) is 3.84. The molecule has 1 heterocycles. The highest BCUT2D eigenvalue weighted by atomic mass is 35.5. The average Bonchev–Trinajstić information content (AvgIpc) is 2.31. The van der Waals surface area contributed by atoms with Crippen molar-refractivity contribution in [3.8, 4) is 0 Å². The van der Waals surface area contributed by atoms with Crippen molar-refractivity contribution in [1.82, 2.24) is 5.16 Å². The molecule has 0 atom stereocenters. The quantitative estimate of drug-likeness (QED) is 0.624. The van der Waals surface area contributed by atoms with E-state index < -0.39 is 0 Å². The monoisotopic (exact) mass is 181 g/mol. The lowest BCUT2D eigenvalue weighted by Gasteiger charge is -1.94. The van der Waals surface area contributed by atoms with E-state index >= 15 is 0 Å². The van der Waals surface area contributed by atoms with Gasteiger partial charge in [0.25, 0.3) is 0 Å². The summed E-state index contributed by atoms with van der Waals surface area (Å²) in [4.78, 5) is 0. The summed E-state index contributed by atoms with van der Waals surface area (Å²) < 4.78 is 5.08. The summed E-state index contributed by atoms with van der Waals surface area (Å²) in [6.07, 6.45) is 0. The van der Waals surface area contributed by atoms with Crippen LogP contribution in [0.25, 0.3) is 11.0 Å². The third-order valence-electron chi connectivity index (χ3n) is 1.84. The van der Waals surface area contributed by atoms with Crippen molar-refractivity contribution in [3.63, 3.8) is 0 Å². The molecule has 0 bridgehead atoms. The van der Waals surface area contributed by atoms with Gasteiger partial charge >= 0.3 is 0 Å². The second-order valence-electron chi connectivity index (χ2n) is 2.89. The normalized spacial score (nSPS) is 10.9. The van der Waals surface area contributed by atoms with Crippen LogP contribution in [0.2, 0.25) is 5.02 Å². The van der Waals surface area contributed by atoms with Gasteiger partial charge in [-0.2, -0.15) is 0 Å². The number of hydrogen-bond acceptors (Lipinski definition) is 2. The van der Waals surface area contributed by atoms with Crippen LogP contribution in [0.3, 0.4) is 0 Å². The predicted molar refractivity (Wildman–Crippen MR) is 48.5 cm³/mol. The highest BCUT2D eigenvalue weighted by Crippen LogP contribution is 2.27. The van der Waals surface area contributed by atoms with E-state index in [0.717, 1.165) is 22.2 Å². The van der Waals surface area contributed by atoms with Gasteiger partial charge < -0.3 is 4.52 Å². The van der Waals surface area contributed by atoms with Gasteiger partial charge in [0.1, 0.15) is 0 Å². The molecule has 0 aliphatic rings. The van der Waals surface area contributed by atoms with Crippen LogP contribution in [0.15, 0.2) is 16.7 Å². The molecule has 0 amide bonds. The largest absolute Gasteiger partial charge is 0.356 e. The number of aryl methyl sites for hydroxylation is 2. The number of rotatable bonds is 0. The molecule has 0 aliphatic heterocycles. The second kappa shape index (κ2) is 2.49. The maximum atomic E-state index is 6.01. The Balaban J connectivity index is 2.93. The van der Waals surface area contributed by atoms with Gasteiger partial charge in [0.2, 0.25) is 0 Å². The number of hydrogen-bond donors (Lipinski definition) is 0. The van der Waals surface area contributed by atoms with E-state index in [4.69, 9.17) is 16.1 Å². The molecule has 0 aliphatic carbocycles. The lowest BCUT2D eigenvalue weighted by molar-refractivity contribution is 0.450. The van der Waals surface area contributed by atoms with Gasteiger partial charge in [0, 0.05) is 0 Å². The molecule has 12 heavy (non-hydrogen) atoms. The van der Waals surface area contributed by atoms with Crippen molar-refractivity contribution in [1.29, 1.82) is 0 Å². The first kappa shape index (κ1) is 7.62. The van der Waals surface area contributed by atoms with E-state index in [-0.39, 0.29) is 0 Å². The molecular formula is C9H8ClNO. The minimum atomic E-state index is 0.712. The van der Waals surface area contributed by atoms with Gasteiger partial charge in [-0.15, -0.1) is 0 Å². The van der Waals surface area contributed by atoms with Crippen LogP contribution in [0, 0.1) is 13.8 Å². The molecule has 2 aromatic rings. The molecule has 0 N–H and O–H groups in total. The molecule has 0 saturated carbocycles. The molecule has 0 saturated heterocycles. The van der Waals surface area contributed by atoms with Crippen molar-refractivity contribution in [2.45, 2.75) is 13.8 Å². The van der Waals surface area contributed by atoms with Crippen LogP contribution in [-0.2, 0) is 0 Å². The molecule has 3 heteroatoms. The minimum Gasteiger partial charge on any atom is -0.356 e. The summed E-state index contributed by atoms with van der Waals surface area (Å²) in [5.41, 5.74) is 2.69. The fourth-order valence-electron chi connectivity index (χ4n) is 1.30. The fourth-order valence-corrected chi connectivity index (χ4v) is 1.70. The standard InChI is InChI=1S/C9H8ClNO/c1-5-3-7(10)9-6(2)11-12-8(9)4-5/h3-4H,1-2H3. The Morgan fingerprint density at radius 3 is 2.83 bits per heavy atom. The Bertz CT molecular complexity index is 433. The zero-order valence-electron chi connectivity index (χ0n) is 6.89. The van der Waals surface area contributed by atoms with E-state index in [1.54, 1.807) is 0 Å². The molecule has 2 nitrogen and oxygen atoms in total. The molecule has 0 spiro atoms. The molecule has 1 aromatic heterocycles. The summed E-state index contributed by atoms with van der Waals surface area (Å²) in [6.45, 7) is 3.86. The average molecular weight is 182 g/mol. The number of halogens is 1. The summed E-state index contributed by atoms with van der Waals surface area (Å²) in [5, 5.41) is 5.47. The van der Waals surface area contributed by atoms with E-state index in [1.165, 1.54) is 0 Å². The highest BCUT2D eigenvalue weighted by molar-refractivity contribution is 6.35. The van der Waals surface area contributed by atoms with Crippen molar-refractivity contribution in [2.75, 3.05) is 0 Å². The molecule has 0 radical (unpaired) electrons. The lowest BCUT2D eigenvalue weighted by Crippen LogP contribution is -1.75. The van der Waals surface area contributed by atoms with Crippen molar-refractivity contribution in [3.05, 3.63) is 28.4 Å². The molecule has 62 valence electrons. The third kappa shape index (κ3) is 0.994. The van der Waals surface area contributed by atoms with Crippen LogP contribution in [0.5, 0.6) is 0 Å². The van der Waals surface area contributed by atoms with E-state index in [1.807, 2.05) is 26.0 Å². The molecule has 1 aromatic carbocycles. The summed E-state index contributed by atoms with van der Waals surface area (Å²) >= 11 is 6.01. The summed E-state index contributed by atoms with van der Waals surface area (Å²) in [7, 11) is 0. The first-order chi connectivity index (χ1) is 5.68. The van der Waals surface area contributed by atoms with Crippen LogP contribution in [0.4, 0.5) is 0 Å². The fraction of sp³-hybridized carbons (Fsp3) is 0.222. The molecule has 0 unspecified atom stereocenters. The Morgan fingerprint density at radius 2 is 2.08 bits per heavy atom. The summed E-state index contributed by atoms with van der Waals surface area (Å²) in [5.74, 6) is 0. The van der Waals surface area contributed by atoms with Crippen molar-refractivity contribution in [2.24, 2.45) is 0 Å². The number of benzene rings is 1. The highest BCUT2D eigenvalue weighted by Gasteiger charge is 2.08. The maximum Gasteiger partial charge on any atom is 0.168 e. The Morgan fingerprint density at radius 1 is 1.33 bits per heavy atom. The smallest absolute Gasteiger partial charge is 0.168 e. The van der Waals surface area contributed by atoms with E-state index in [0.29, 0.717) is 5.02 Å². The van der Waals surface area contributed by atoms with Gasteiger partial charge in [-0.25, -0.2) is 0 Å². The van der Waals surface area contributed by atoms with Crippen LogP contribution in [-0.4, -0.2) is 5.16 Å². The molecule has 0 fully saturated rings. The Kier molecular flexibility index (Phi) is 1.58. The lowest BCUT2D eigenvalue weighted by atomic mass is 10.1. The minimum absolute atomic E-state index is 0.712.